The van der Waals surface area contributed by atoms with Crippen molar-refractivity contribution in [2.45, 2.75) is 18.9 Å². The third-order valence-electron chi connectivity index (χ3n) is 4.23. The fourth-order valence-electron chi connectivity index (χ4n) is 3.03. The maximum absolute atomic E-state index is 5.49. The molecule has 0 aliphatic carbocycles. The highest BCUT2D eigenvalue weighted by Crippen LogP contribution is 2.28. The minimum Gasteiger partial charge on any atom is -0.339 e. The van der Waals surface area contributed by atoms with Gasteiger partial charge in [-0.15, -0.1) is 0 Å². The molecule has 1 saturated heterocycles. The van der Waals surface area contributed by atoms with E-state index in [9.17, 15) is 0 Å². The first kappa shape index (κ1) is 14.1. The normalized spacial score (nSPS) is 18.3. The van der Waals surface area contributed by atoms with E-state index in [0.29, 0.717) is 11.7 Å². The van der Waals surface area contributed by atoms with Crippen molar-refractivity contribution in [1.82, 2.24) is 20.0 Å². The Morgan fingerprint density at radius 2 is 2.04 bits per heavy atom. The van der Waals surface area contributed by atoms with Gasteiger partial charge >= 0.3 is 0 Å². The van der Waals surface area contributed by atoms with Gasteiger partial charge in [0.25, 0.3) is 0 Å². The number of hydrogen-bond donors (Lipinski definition) is 0. The van der Waals surface area contributed by atoms with Crippen LogP contribution in [0.25, 0.3) is 11.4 Å². The Bertz CT molecular complexity index is 757. The van der Waals surface area contributed by atoms with Gasteiger partial charge in [-0.1, -0.05) is 35.5 Å². The average molecular weight is 306 g/mol. The molecule has 3 heterocycles. The standard InChI is InChI=1S/C18H18N4O/c1-2-5-14(6-3-1)12-22-10-8-16(13-22)18-20-17(21-23-18)15-7-4-9-19-11-15/h1-7,9,11,16H,8,10,12-13H2/t16-/m0/s1. The van der Waals surface area contributed by atoms with Gasteiger partial charge in [-0.2, -0.15) is 4.98 Å². The summed E-state index contributed by atoms with van der Waals surface area (Å²) in [5.74, 6) is 1.67. The predicted molar refractivity (Wildman–Crippen MR) is 86.6 cm³/mol. The first-order valence-corrected chi connectivity index (χ1v) is 7.89. The molecule has 1 aromatic carbocycles. The third kappa shape index (κ3) is 3.14. The molecule has 1 atom stereocenters. The summed E-state index contributed by atoms with van der Waals surface area (Å²) in [4.78, 5) is 11.1. The molecule has 2 aromatic heterocycles. The highest BCUT2D eigenvalue weighted by Gasteiger charge is 2.28. The predicted octanol–water partition coefficient (Wildman–Crippen LogP) is 3.12. The minimum absolute atomic E-state index is 0.316. The van der Waals surface area contributed by atoms with Crippen molar-refractivity contribution in [3.63, 3.8) is 0 Å². The Labute approximate surface area is 135 Å². The third-order valence-corrected chi connectivity index (χ3v) is 4.23. The van der Waals surface area contributed by atoms with Crippen LogP contribution in [0, 0.1) is 0 Å². The lowest BCUT2D eigenvalue weighted by atomic mass is 10.1. The zero-order valence-electron chi connectivity index (χ0n) is 12.8. The van der Waals surface area contributed by atoms with Crippen molar-refractivity contribution in [3.05, 3.63) is 66.3 Å². The lowest BCUT2D eigenvalue weighted by Gasteiger charge is -2.14. The number of rotatable bonds is 4. The van der Waals surface area contributed by atoms with E-state index < -0.39 is 0 Å². The summed E-state index contributed by atoms with van der Waals surface area (Å²) >= 11 is 0. The Morgan fingerprint density at radius 1 is 1.13 bits per heavy atom. The zero-order chi connectivity index (χ0) is 15.5. The molecule has 116 valence electrons. The Kier molecular flexibility index (Phi) is 3.86. The van der Waals surface area contributed by atoms with E-state index in [-0.39, 0.29) is 0 Å². The van der Waals surface area contributed by atoms with E-state index in [1.165, 1.54) is 5.56 Å². The number of hydrogen-bond acceptors (Lipinski definition) is 5. The fourth-order valence-corrected chi connectivity index (χ4v) is 3.03. The van der Waals surface area contributed by atoms with Crippen molar-refractivity contribution < 1.29 is 4.52 Å². The van der Waals surface area contributed by atoms with Gasteiger partial charge in [-0.3, -0.25) is 9.88 Å². The molecule has 4 rings (SSSR count). The number of benzene rings is 1. The Hall–Kier alpha value is -2.53. The number of nitrogens with zero attached hydrogens (tertiary/aromatic N) is 4. The molecule has 0 unspecified atom stereocenters. The molecule has 5 heteroatoms. The molecular formula is C18H18N4O. The first-order valence-electron chi connectivity index (χ1n) is 7.89. The van der Waals surface area contributed by atoms with Crippen LogP contribution in [-0.2, 0) is 6.54 Å². The molecule has 0 amide bonds. The summed E-state index contributed by atoms with van der Waals surface area (Å²) in [6, 6.07) is 14.4. The second-order valence-corrected chi connectivity index (χ2v) is 5.90. The van der Waals surface area contributed by atoms with Crippen LogP contribution < -0.4 is 0 Å². The zero-order valence-corrected chi connectivity index (χ0v) is 12.8. The molecule has 1 aliphatic rings. The largest absolute Gasteiger partial charge is 0.339 e. The van der Waals surface area contributed by atoms with Crippen molar-refractivity contribution in [1.29, 1.82) is 0 Å². The first-order chi connectivity index (χ1) is 11.4. The van der Waals surface area contributed by atoms with E-state index in [0.717, 1.165) is 37.5 Å². The molecule has 0 spiro atoms. The lowest BCUT2D eigenvalue weighted by molar-refractivity contribution is 0.309. The molecule has 0 radical (unpaired) electrons. The number of likely N-dealkylation sites (tertiary alicyclic amines) is 1. The van der Waals surface area contributed by atoms with Gasteiger partial charge in [0, 0.05) is 31.0 Å². The number of pyridine rings is 1. The van der Waals surface area contributed by atoms with Gasteiger partial charge < -0.3 is 4.52 Å². The molecule has 1 fully saturated rings. The SMILES string of the molecule is c1ccc(CN2CC[C@H](c3nc(-c4cccnc4)no3)C2)cc1. The molecule has 0 saturated carbocycles. The van der Waals surface area contributed by atoms with Crippen LogP contribution in [-0.4, -0.2) is 33.1 Å². The molecule has 23 heavy (non-hydrogen) atoms. The quantitative estimate of drug-likeness (QED) is 0.741. The van der Waals surface area contributed by atoms with Gasteiger partial charge in [-0.05, 0) is 30.7 Å². The summed E-state index contributed by atoms with van der Waals surface area (Å²) in [7, 11) is 0. The Morgan fingerprint density at radius 3 is 2.87 bits per heavy atom. The van der Waals surface area contributed by atoms with E-state index in [1.807, 2.05) is 12.1 Å². The summed E-state index contributed by atoms with van der Waals surface area (Å²) in [6.45, 7) is 2.99. The van der Waals surface area contributed by atoms with E-state index in [1.54, 1.807) is 12.4 Å². The van der Waals surface area contributed by atoms with E-state index in [4.69, 9.17) is 4.52 Å². The van der Waals surface area contributed by atoms with Crippen molar-refractivity contribution in [3.8, 4) is 11.4 Å². The maximum Gasteiger partial charge on any atom is 0.231 e. The van der Waals surface area contributed by atoms with E-state index in [2.05, 4.69) is 50.4 Å². The van der Waals surface area contributed by atoms with E-state index >= 15 is 0 Å². The lowest BCUT2D eigenvalue weighted by Crippen LogP contribution is -2.19. The maximum atomic E-state index is 5.49. The summed E-state index contributed by atoms with van der Waals surface area (Å²) in [5, 5.41) is 4.10. The Balaban J connectivity index is 1.43. The average Bonchev–Trinajstić information content (AvgIpc) is 3.26. The smallest absolute Gasteiger partial charge is 0.231 e. The summed E-state index contributed by atoms with van der Waals surface area (Å²) in [5.41, 5.74) is 2.23. The van der Waals surface area contributed by atoms with Gasteiger partial charge in [0.15, 0.2) is 0 Å². The van der Waals surface area contributed by atoms with Crippen LogP contribution >= 0.6 is 0 Å². The van der Waals surface area contributed by atoms with Crippen molar-refractivity contribution in [2.75, 3.05) is 13.1 Å². The van der Waals surface area contributed by atoms with Gasteiger partial charge in [0.2, 0.25) is 11.7 Å². The molecule has 1 aliphatic heterocycles. The fraction of sp³-hybridized carbons (Fsp3) is 0.278. The van der Waals surface area contributed by atoms with Gasteiger partial charge in [0.05, 0.1) is 5.92 Å². The summed E-state index contributed by atoms with van der Waals surface area (Å²) < 4.78 is 5.49. The minimum atomic E-state index is 0.316. The molecule has 0 bridgehead atoms. The highest BCUT2D eigenvalue weighted by atomic mass is 16.5. The van der Waals surface area contributed by atoms with Crippen LogP contribution in [0.2, 0.25) is 0 Å². The highest BCUT2D eigenvalue weighted by molar-refractivity contribution is 5.51. The van der Waals surface area contributed by atoms with Gasteiger partial charge in [-0.25, -0.2) is 0 Å². The molecular weight excluding hydrogens is 288 g/mol. The summed E-state index contributed by atoms with van der Waals surface area (Å²) in [6.07, 6.45) is 4.55. The molecule has 3 aromatic rings. The van der Waals surface area contributed by atoms with Crippen LogP contribution in [0.3, 0.4) is 0 Å². The van der Waals surface area contributed by atoms with Gasteiger partial charge in [0.1, 0.15) is 0 Å². The van der Waals surface area contributed by atoms with Crippen LogP contribution in [0.15, 0.2) is 59.4 Å². The van der Waals surface area contributed by atoms with Crippen LogP contribution in [0.1, 0.15) is 23.8 Å². The second-order valence-electron chi connectivity index (χ2n) is 5.90. The number of aromatic nitrogens is 3. The molecule has 5 nitrogen and oxygen atoms in total. The molecule has 0 N–H and O–H groups in total. The van der Waals surface area contributed by atoms with Crippen molar-refractivity contribution >= 4 is 0 Å². The monoisotopic (exact) mass is 306 g/mol. The van der Waals surface area contributed by atoms with Crippen LogP contribution in [0.4, 0.5) is 0 Å². The second kappa shape index (κ2) is 6.30. The van der Waals surface area contributed by atoms with Crippen molar-refractivity contribution in [2.24, 2.45) is 0 Å². The van der Waals surface area contributed by atoms with Crippen LogP contribution in [0.5, 0.6) is 0 Å². The topological polar surface area (TPSA) is 55.1 Å².